The summed E-state index contributed by atoms with van der Waals surface area (Å²) in [6, 6.07) is 1.72. The lowest BCUT2D eigenvalue weighted by Gasteiger charge is -2.02. The van der Waals surface area contributed by atoms with Crippen molar-refractivity contribution in [3.63, 3.8) is 0 Å². The maximum absolute atomic E-state index is 11.4. The number of aryl methyl sites for hydroxylation is 2. The van der Waals surface area contributed by atoms with Crippen LogP contribution in [0, 0.1) is 13.8 Å². The topological polar surface area (TPSA) is 60.9 Å². The van der Waals surface area contributed by atoms with Gasteiger partial charge in [0.15, 0.2) is 0 Å². The van der Waals surface area contributed by atoms with E-state index in [0.717, 1.165) is 17.0 Å². The molecule has 0 saturated carbocycles. The van der Waals surface area contributed by atoms with Gasteiger partial charge < -0.3 is 4.52 Å². The van der Waals surface area contributed by atoms with Gasteiger partial charge in [-0.25, -0.2) is 9.78 Å². The smallest absolute Gasteiger partial charge is 0.347 e. The van der Waals surface area contributed by atoms with Gasteiger partial charge in [-0.15, -0.1) is 0 Å². The molecule has 2 heterocycles. The first-order chi connectivity index (χ1) is 7.18. The fourth-order valence-corrected chi connectivity index (χ4v) is 1.41. The van der Waals surface area contributed by atoms with E-state index in [2.05, 4.69) is 10.1 Å². The molecule has 2 aromatic heterocycles. The molecule has 0 aliphatic carbocycles. The lowest BCUT2D eigenvalue weighted by Crippen LogP contribution is -2.22. The molecule has 2 aromatic rings. The van der Waals surface area contributed by atoms with Crippen LogP contribution in [0.1, 0.15) is 17.0 Å². The SMILES string of the molecule is Cc1noc(C)c1Cn1cccnc1=O. The summed E-state index contributed by atoms with van der Waals surface area (Å²) in [4.78, 5) is 15.0. The molecule has 0 fully saturated rings. The molecule has 5 nitrogen and oxygen atoms in total. The van der Waals surface area contributed by atoms with Gasteiger partial charge >= 0.3 is 5.69 Å². The normalized spacial score (nSPS) is 10.5. The van der Waals surface area contributed by atoms with Gasteiger partial charge in [0, 0.05) is 18.0 Å². The average Bonchev–Trinajstić information content (AvgIpc) is 2.53. The number of hydrogen-bond donors (Lipinski definition) is 0. The van der Waals surface area contributed by atoms with Crippen molar-refractivity contribution < 1.29 is 4.52 Å². The molecule has 0 amide bonds. The molecule has 0 unspecified atom stereocenters. The van der Waals surface area contributed by atoms with Gasteiger partial charge in [0.1, 0.15) is 5.76 Å². The lowest BCUT2D eigenvalue weighted by atomic mass is 10.2. The predicted octanol–water partition coefficient (Wildman–Crippen LogP) is 0.896. The van der Waals surface area contributed by atoms with Crippen LogP contribution in [0.25, 0.3) is 0 Å². The van der Waals surface area contributed by atoms with E-state index in [0.29, 0.717) is 6.54 Å². The third-order valence-electron chi connectivity index (χ3n) is 2.29. The molecule has 78 valence electrons. The van der Waals surface area contributed by atoms with Crippen LogP contribution < -0.4 is 5.69 Å². The second kappa shape index (κ2) is 3.68. The van der Waals surface area contributed by atoms with Crippen LogP contribution >= 0.6 is 0 Å². The van der Waals surface area contributed by atoms with Gasteiger partial charge in [-0.2, -0.15) is 0 Å². The van der Waals surface area contributed by atoms with Crippen LogP contribution in [-0.4, -0.2) is 14.7 Å². The molecular weight excluding hydrogens is 194 g/mol. The molecule has 15 heavy (non-hydrogen) atoms. The predicted molar refractivity (Wildman–Crippen MR) is 53.6 cm³/mol. The number of nitrogens with zero attached hydrogens (tertiary/aromatic N) is 3. The van der Waals surface area contributed by atoms with Crippen LogP contribution in [0.3, 0.4) is 0 Å². The highest BCUT2D eigenvalue weighted by Gasteiger charge is 2.09. The maximum Gasteiger partial charge on any atom is 0.347 e. The summed E-state index contributed by atoms with van der Waals surface area (Å²) in [6.07, 6.45) is 3.17. The molecule has 2 rings (SSSR count). The molecule has 0 bridgehead atoms. The number of hydrogen-bond acceptors (Lipinski definition) is 4. The van der Waals surface area contributed by atoms with Gasteiger partial charge in [-0.1, -0.05) is 5.16 Å². The maximum atomic E-state index is 11.4. The summed E-state index contributed by atoms with van der Waals surface area (Å²) < 4.78 is 6.54. The molecule has 0 saturated heterocycles. The molecular formula is C10H11N3O2. The fourth-order valence-electron chi connectivity index (χ4n) is 1.41. The summed E-state index contributed by atoms with van der Waals surface area (Å²) in [5.74, 6) is 0.739. The first kappa shape index (κ1) is 9.64. The Kier molecular flexibility index (Phi) is 2.37. The fraction of sp³-hybridized carbons (Fsp3) is 0.300. The van der Waals surface area contributed by atoms with Crippen molar-refractivity contribution in [3.05, 3.63) is 46.0 Å². The first-order valence-corrected chi connectivity index (χ1v) is 4.61. The molecule has 0 atom stereocenters. The second-order valence-corrected chi connectivity index (χ2v) is 3.33. The summed E-state index contributed by atoms with van der Waals surface area (Å²) in [7, 11) is 0. The summed E-state index contributed by atoms with van der Waals surface area (Å²) >= 11 is 0. The molecule has 0 aliphatic heterocycles. The third-order valence-corrected chi connectivity index (χ3v) is 2.29. The van der Waals surface area contributed by atoms with E-state index in [-0.39, 0.29) is 5.69 Å². The van der Waals surface area contributed by atoms with E-state index < -0.39 is 0 Å². The van der Waals surface area contributed by atoms with Crippen molar-refractivity contribution >= 4 is 0 Å². The lowest BCUT2D eigenvalue weighted by molar-refractivity contribution is 0.392. The van der Waals surface area contributed by atoms with E-state index >= 15 is 0 Å². The van der Waals surface area contributed by atoms with Gasteiger partial charge in [0.25, 0.3) is 0 Å². The van der Waals surface area contributed by atoms with Crippen LogP contribution in [-0.2, 0) is 6.54 Å². The zero-order valence-electron chi connectivity index (χ0n) is 8.60. The van der Waals surface area contributed by atoms with Crippen molar-refractivity contribution in [2.24, 2.45) is 0 Å². The second-order valence-electron chi connectivity index (χ2n) is 3.33. The molecule has 0 radical (unpaired) electrons. The largest absolute Gasteiger partial charge is 0.361 e. The standard InChI is InChI=1S/C10H11N3O2/c1-7-9(8(2)15-12-7)6-13-5-3-4-11-10(13)14/h3-5H,6H2,1-2H3. The summed E-state index contributed by atoms with van der Waals surface area (Å²) in [5, 5.41) is 3.83. The zero-order valence-corrected chi connectivity index (χ0v) is 8.60. The van der Waals surface area contributed by atoms with Gasteiger partial charge in [0.2, 0.25) is 0 Å². The highest BCUT2D eigenvalue weighted by Crippen LogP contribution is 2.12. The van der Waals surface area contributed by atoms with Crippen molar-refractivity contribution in [1.82, 2.24) is 14.7 Å². The summed E-state index contributed by atoms with van der Waals surface area (Å²) in [5.41, 5.74) is 1.48. The monoisotopic (exact) mass is 205 g/mol. The van der Waals surface area contributed by atoms with E-state index in [1.165, 1.54) is 10.8 Å². The minimum atomic E-state index is -0.266. The first-order valence-electron chi connectivity index (χ1n) is 4.61. The Balaban J connectivity index is 2.38. The van der Waals surface area contributed by atoms with Crippen LogP contribution in [0.5, 0.6) is 0 Å². The Bertz CT molecular complexity index is 508. The quantitative estimate of drug-likeness (QED) is 0.730. The van der Waals surface area contributed by atoms with Crippen molar-refractivity contribution in [3.8, 4) is 0 Å². The molecule has 5 heteroatoms. The van der Waals surface area contributed by atoms with Crippen LogP contribution in [0.4, 0.5) is 0 Å². The van der Waals surface area contributed by atoms with E-state index in [1.54, 1.807) is 12.3 Å². The van der Waals surface area contributed by atoms with Gasteiger partial charge in [-0.3, -0.25) is 4.57 Å². The highest BCUT2D eigenvalue weighted by molar-refractivity contribution is 5.20. The van der Waals surface area contributed by atoms with Gasteiger partial charge in [0.05, 0.1) is 12.2 Å². The number of rotatable bonds is 2. The van der Waals surface area contributed by atoms with E-state index in [9.17, 15) is 4.79 Å². The summed E-state index contributed by atoms with van der Waals surface area (Å²) in [6.45, 7) is 4.14. The molecule has 0 N–H and O–H groups in total. The Morgan fingerprint density at radius 1 is 1.47 bits per heavy atom. The third kappa shape index (κ3) is 1.81. The van der Waals surface area contributed by atoms with E-state index in [1.807, 2.05) is 13.8 Å². The molecule has 0 aromatic carbocycles. The molecule has 0 spiro atoms. The van der Waals surface area contributed by atoms with Crippen LogP contribution in [0.15, 0.2) is 27.8 Å². The van der Waals surface area contributed by atoms with E-state index in [4.69, 9.17) is 4.52 Å². The Hall–Kier alpha value is -1.91. The average molecular weight is 205 g/mol. The molecule has 0 aliphatic rings. The Labute approximate surface area is 86.4 Å². The Morgan fingerprint density at radius 3 is 2.87 bits per heavy atom. The minimum absolute atomic E-state index is 0.266. The highest BCUT2D eigenvalue weighted by atomic mass is 16.5. The van der Waals surface area contributed by atoms with Crippen molar-refractivity contribution in [2.75, 3.05) is 0 Å². The Morgan fingerprint density at radius 2 is 2.27 bits per heavy atom. The van der Waals surface area contributed by atoms with Crippen LogP contribution in [0.2, 0.25) is 0 Å². The van der Waals surface area contributed by atoms with Crippen molar-refractivity contribution in [2.45, 2.75) is 20.4 Å². The van der Waals surface area contributed by atoms with Crippen molar-refractivity contribution in [1.29, 1.82) is 0 Å². The zero-order chi connectivity index (χ0) is 10.8. The van der Waals surface area contributed by atoms with Gasteiger partial charge in [-0.05, 0) is 19.9 Å². The number of aromatic nitrogens is 3. The minimum Gasteiger partial charge on any atom is -0.361 e.